The molecule has 2 N–H and O–H groups in total. The van der Waals surface area contributed by atoms with Gasteiger partial charge in [-0.3, -0.25) is 0 Å². The Bertz CT molecular complexity index is 476. The molecular formula is C10H9BrN2S. The van der Waals surface area contributed by atoms with Crippen LogP contribution in [-0.2, 0) is 0 Å². The maximum Gasteiger partial charge on any atom is 0.181 e. The van der Waals surface area contributed by atoms with Gasteiger partial charge >= 0.3 is 0 Å². The third kappa shape index (κ3) is 1.81. The van der Waals surface area contributed by atoms with Crippen LogP contribution >= 0.6 is 27.3 Å². The van der Waals surface area contributed by atoms with Crippen LogP contribution in [-0.4, -0.2) is 10.3 Å². The number of alkyl halides is 1. The molecule has 0 spiro atoms. The van der Waals surface area contributed by atoms with Crippen LogP contribution in [0.5, 0.6) is 0 Å². The first-order valence-corrected chi connectivity index (χ1v) is 6.12. The Morgan fingerprint density at radius 2 is 2.36 bits per heavy atom. The fraction of sp³-hybridized carbons (Fsp3) is 0.100. The van der Waals surface area contributed by atoms with Crippen molar-refractivity contribution in [1.82, 2.24) is 4.98 Å². The Labute approximate surface area is 94.6 Å². The zero-order valence-electron chi connectivity index (χ0n) is 7.40. The summed E-state index contributed by atoms with van der Waals surface area (Å²) in [5.74, 6) is 0. The minimum atomic E-state index is 0.625. The maximum atomic E-state index is 5.66. The van der Waals surface area contributed by atoms with Crippen molar-refractivity contribution in [1.29, 1.82) is 0 Å². The minimum Gasteiger partial charge on any atom is -0.375 e. The topological polar surface area (TPSA) is 38.9 Å². The van der Waals surface area contributed by atoms with E-state index < -0.39 is 0 Å². The molecule has 1 aromatic carbocycles. The number of aromatic nitrogens is 1. The van der Waals surface area contributed by atoms with Crippen LogP contribution in [0.3, 0.4) is 0 Å². The van der Waals surface area contributed by atoms with Gasteiger partial charge in [0.05, 0.1) is 10.2 Å². The highest BCUT2D eigenvalue weighted by Gasteiger charge is 2.02. The Kier molecular flexibility index (Phi) is 2.84. The molecule has 72 valence electrons. The van der Waals surface area contributed by atoms with Gasteiger partial charge in [-0.15, -0.1) is 0 Å². The molecule has 0 radical (unpaired) electrons. The van der Waals surface area contributed by atoms with Gasteiger partial charge in [0, 0.05) is 10.9 Å². The number of para-hydroxylation sites is 1. The third-order valence-electron chi connectivity index (χ3n) is 1.85. The van der Waals surface area contributed by atoms with Crippen LogP contribution in [0, 0.1) is 0 Å². The highest BCUT2D eigenvalue weighted by molar-refractivity contribution is 9.09. The number of benzene rings is 1. The summed E-state index contributed by atoms with van der Waals surface area (Å²) in [5, 5.41) is 1.47. The predicted octanol–water partition coefficient (Wildman–Crippen LogP) is 3.29. The van der Waals surface area contributed by atoms with Crippen molar-refractivity contribution in [2.24, 2.45) is 0 Å². The quantitative estimate of drug-likeness (QED) is 0.850. The molecule has 0 fully saturated rings. The molecular weight excluding hydrogens is 260 g/mol. The zero-order valence-corrected chi connectivity index (χ0v) is 9.81. The number of nitrogens with two attached hydrogens (primary N) is 1. The average Bonchev–Trinajstić information content (AvgIpc) is 2.55. The Morgan fingerprint density at radius 1 is 1.50 bits per heavy atom. The van der Waals surface area contributed by atoms with Gasteiger partial charge in [0.2, 0.25) is 0 Å². The number of nitrogen functional groups attached to an aromatic ring is 1. The lowest BCUT2D eigenvalue weighted by Gasteiger charge is -1.93. The van der Waals surface area contributed by atoms with Crippen molar-refractivity contribution in [2.45, 2.75) is 0 Å². The molecule has 0 saturated carbocycles. The monoisotopic (exact) mass is 268 g/mol. The second-order valence-electron chi connectivity index (χ2n) is 2.80. The lowest BCUT2D eigenvalue weighted by atomic mass is 10.2. The van der Waals surface area contributed by atoms with Crippen molar-refractivity contribution < 1.29 is 0 Å². The second kappa shape index (κ2) is 4.11. The number of allylic oxidation sites excluding steroid dienone is 1. The number of fused-ring (bicyclic) bond motifs is 1. The molecule has 0 atom stereocenters. The maximum absolute atomic E-state index is 5.66. The summed E-state index contributed by atoms with van der Waals surface area (Å²) in [4.78, 5) is 4.30. The van der Waals surface area contributed by atoms with Crippen molar-refractivity contribution in [2.75, 3.05) is 11.1 Å². The van der Waals surface area contributed by atoms with Crippen molar-refractivity contribution >= 4 is 48.7 Å². The molecule has 4 heteroatoms. The van der Waals surface area contributed by atoms with Crippen LogP contribution in [0.4, 0.5) is 5.13 Å². The summed E-state index contributed by atoms with van der Waals surface area (Å²) in [5.41, 5.74) is 7.78. The normalized spacial score (nSPS) is 11.5. The summed E-state index contributed by atoms with van der Waals surface area (Å²) in [7, 11) is 0. The van der Waals surface area contributed by atoms with Crippen LogP contribution < -0.4 is 5.73 Å². The molecule has 14 heavy (non-hydrogen) atoms. The van der Waals surface area contributed by atoms with E-state index >= 15 is 0 Å². The van der Waals surface area contributed by atoms with Gasteiger partial charge < -0.3 is 5.73 Å². The van der Waals surface area contributed by atoms with Crippen LogP contribution in [0.2, 0.25) is 0 Å². The lowest BCUT2D eigenvalue weighted by molar-refractivity contribution is 1.48. The number of halogens is 1. The van der Waals surface area contributed by atoms with E-state index in [2.05, 4.69) is 27.0 Å². The lowest BCUT2D eigenvalue weighted by Crippen LogP contribution is -1.81. The minimum absolute atomic E-state index is 0.625. The molecule has 0 aliphatic rings. The standard InChI is InChI=1S/C10H9BrN2S/c11-6-2-4-7-3-1-5-8-9(7)13-10(12)14-8/h1-5H,6H2,(H2,12,13). The highest BCUT2D eigenvalue weighted by Crippen LogP contribution is 2.26. The molecule has 2 aromatic rings. The average molecular weight is 269 g/mol. The van der Waals surface area contributed by atoms with Gasteiger partial charge in [-0.05, 0) is 6.07 Å². The third-order valence-corrected chi connectivity index (χ3v) is 3.08. The van der Waals surface area contributed by atoms with Gasteiger partial charge in [0.25, 0.3) is 0 Å². The highest BCUT2D eigenvalue weighted by atomic mass is 79.9. The Hall–Kier alpha value is -0.870. The molecule has 0 aliphatic heterocycles. The first kappa shape index (κ1) is 9.68. The van der Waals surface area contributed by atoms with E-state index in [0.717, 1.165) is 21.1 Å². The van der Waals surface area contributed by atoms with Crippen molar-refractivity contribution in [3.63, 3.8) is 0 Å². The van der Waals surface area contributed by atoms with Crippen molar-refractivity contribution in [3.05, 3.63) is 29.8 Å². The van der Waals surface area contributed by atoms with Crippen LogP contribution in [0.25, 0.3) is 16.3 Å². The summed E-state index contributed by atoms with van der Waals surface area (Å²) in [6.07, 6.45) is 4.10. The molecule has 0 unspecified atom stereocenters. The number of hydrogen-bond acceptors (Lipinski definition) is 3. The molecule has 1 aromatic heterocycles. The molecule has 0 amide bonds. The predicted molar refractivity (Wildman–Crippen MR) is 66.9 cm³/mol. The van der Waals surface area contributed by atoms with Crippen molar-refractivity contribution in [3.8, 4) is 0 Å². The van der Waals surface area contributed by atoms with Gasteiger partial charge in [0.1, 0.15) is 0 Å². The van der Waals surface area contributed by atoms with Gasteiger partial charge in [-0.25, -0.2) is 4.98 Å². The molecule has 1 heterocycles. The Balaban J connectivity index is 2.58. The first-order chi connectivity index (χ1) is 6.81. The Morgan fingerprint density at radius 3 is 3.14 bits per heavy atom. The summed E-state index contributed by atoms with van der Waals surface area (Å²) in [6, 6.07) is 6.10. The second-order valence-corrected chi connectivity index (χ2v) is 4.51. The smallest absolute Gasteiger partial charge is 0.181 e. The van der Waals surface area contributed by atoms with E-state index in [9.17, 15) is 0 Å². The first-order valence-electron chi connectivity index (χ1n) is 4.19. The van der Waals surface area contributed by atoms with E-state index in [4.69, 9.17) is 5.73 Å². The zero-order chi connectivity index (χ0) is 9.97. The SMILES string of the molecule is Nc1nc2c(C=CCBr)cccc2s1. The summed E-state index contributed by atoms with van der Waals surface area (Å²) < 4.78 is 1.14. The summed E-state index contributed by atoms with van der Waals surface area (Å²) >= 11 is 4.87. The number of rotatable bonds is 2. The fourth-order valence-electron chi connectivity index (χ4n) is 1.29. The number of nitrogens with zero attached hydrogens (tertiary/aromatic N) is 1. The molecule has 0 aliphatic carbocycles. The number of hydrogen-bond donors (Lipinski definition) is 1. The number of anilines is 1. The van der Waals surface area contributed by atoms with E-state index in [1.165, 1.54) is 11.3 Å². The van der Waals surface area contributed by atoms with Crippen LogP contribution in [0.1, 0.15) is 5.56 Å². The van der Waals surface area contributed by atoms with E-state index in [-0.39, 0.29) is 0 Å². The molecule has 2 nitrogen and oxygen atoms in total. The fourth-order valence-corrected chi connectivity index (χ4v) is 2.25. The number of thiazole rings is 1. The van der Waals surface area contributed by atoms with Crippen LogP contribution in [0.15, 0.2) is 24.3 Å². The van der Waals surface area contributed by atoms with E-state index in [1.807, 2.05) is 24.3 Å². The molecule has 2 rings (SSSR count). The van der Waals surface area contributed by atoms with Gasteiger partial charge in [-0.2, -0.15) is 0 Å². The summed E-state index contributed by atoms with van der Waals surface area (Å²) in [6.45, 7) is 0. The molecule has 0 bridgehead atoms. The van der Waals surface area contributed by atoms with E-state index in [0.29, 0.717) is 5.13 Å². The molecule has 0 saturated heterocycles. The van der Waals surface area contributed by atoms with E-state index in [1.54, 1.807) is 0 Å². The largest absolute Gasteiger partial charge is 0.375 e. The van der Waals surface area contributed by atoms with Gasteiger partial charge in [0.15, 0.2) is 5.13 Å². The van der Waals surface area contributed by atoms with Gasteiger partial charge in [-0.1, -0.05) is 51.6 Å².